The monoisotopic (exact) mass is 429 g/mol. The van der Waals surface area contributed by atoms with Crippen LogP contribution in [0.5, 0.6) is 0 Å². The number of aryl methyl sites for hydroxylation is 1. The molecule has 0 bridgehead atoms. The molecule has 0 spiro atoms. The van der Waals surface area contributed by atoms with Gasteiger partial charge in [-0.2, -0.15) is 4.72 Å². The first-order valence-corrected chi connectivity index (χ1v) is 11.5. The van der Waals surface area contributed by atoms with Crippen LogP contribution in [0.2, 0.25) is 0 Å². The molecule has 0 saturated carbocycles. The minimum atomic E-state index is -3.92. The molecule has 0 aliphatic carbocycles. The van der Waals surface area contributed by atoms with Crippen LogP contribution in [0, 0.1) is 12.8 Å². The Balaban J connectivity index is 1.81. The number of sulfonamides is 1. The van der Waals surface area contributed by atoms with Crippen LogP contribution in [0.25, 0.3) is 20.9 Å². The molecule has 3 aromatic rings. The van der Waals surface area contributed by atoms with Crippen molar-refractivity contribution < 1.29 is 18.3 Å². The van der Waals surface area contributed by atoms with E-state index >= 15 is 0 Å². The van der Waals surface area contributed by atoms with Crippen molar-refractivity contribution in [2.75, 3.05) is 0 Å². The lowest BCUT2D eigenvalue weighted by Gasteiger charge is -2.18. The lowest BCUT2D eigenvalue weighted by molar-refractivity contribution is -0.140. The molecule has 29 heavy (non-hydrogen) atoms. The average molecular weight is 430 g/mol. The summed E-state index contributed by atoms with van der Waals surface area (Å²) >= 11 is 1.63. The highest BCUT2D eigenvalue weighted by molar-refractivity contribution is 7.89. The van der Waals surface area contributed by atoms with E-state index in [1.807, 2.05) is 13.0 Å². The van der Waals surface area contributed by atoms with Gasteiger partial charge in [0.05, 0.1) is 4.90 Å². The maximum Gasteiger partial charge on any atom is 0.322 e. The number of thiophene rings is 1. The first-order valence-electron chi connectivity index (χ1n) is 9.20. The van der Waals surface area contributed by atoms with Gasteiger partial charge in [0, 0.05) is 9.75 Å². The average Bonchev–Trinajstić information content (AvgIpc) is 3.16. The second kappa shape index (κ2) is 8.49. The zero-order chi connectivity index (χ0) is 21.2. The third kappa shape index (κ3) is 4.93. The molecule has 5 nitrogen and oxygen atoms in total. The van der Waals surface area contributed by atoms with Gasteiger partial charge in [-0.15, -0.1) is 11.3 Å². The van der Waals surface area contributed by atoms with E-state index in [2.05, 4.69) is 35.1 Å². The van der Waals surface area contributed by atoms with Crippen molar-refractivity contribution in [2.24, 2.45) is 5.92 Å². The van der Waals surface area contributed by atoms with Crippen molar-refractivity contribution in [2.45, 2.75) is 31.7 Å². The van der Waals surface area contributed by atoms with E-state index in [1.165, 1.54) is 17.7 Å². The third-order valence-corrected chi connectivity index (χ3v) is 7.25. The van der Waals surface area contributed by atoms with Crippen molar-refractivity contribution in [3.05, 3.63) is 66.2 Å². The highest BCUT2D eigenvalue weighted by Crippen LogP contribution is 2.34. The molecule has 0 fully saturated rings. The van der Waals surface area contributed by atoms with Crippen LogP contribution in [0.4, 0.5) is 0 Å². The normalized spacial score (nSPS) is 12.8. The number of hydrogen-bond acceptors (Lipinski definition) is 4. The zero-order valence-electron chi connectivity index (χ0n) is 16.4. The van der Waals surface area contributed by atoms with Gasteiger partial charge in [0.2, 0.25) is 10.0 Å². The molecule has 1 unspecified atom stereocenters. The zero-order valence-corrected chi connectivity index (χ0v) is 18.0. The Morgan fingerprint density at radius 1 is 0.897 bits per heavy atom. The summed E-state index contributed by atoms with van der Waals surface area (Å²) in [6.07, 6.45) is 0. The minimum absolute atomic E-state index is 0.0449. The molecular formula is C22H23NO4S2. The molecule has 0 aliphatic heterocycles. The van der Waals surface area contributed by atoms with Crippen molar-refractivity contribution >= 4 is 27.3 Å². The maximum absolute atomic E-state index is 12.5. The molecule has 0 amide bonds. The van der Waals surface area contributed by atoms with Crippen LogP contribution < -0.4 is 4.72 Å². The van der Waals surface area contributed by atoms with Crippen LogP contribution >= 0.6 is 11.3 Å². The second-order valence-corrected chi connectivity index (χ2v) is 10.0. The third-order valence-electron chi connectivity index (χ3n) is 4.61. The van der Waals surface area contributed by atoms with Gasteiger partial charge in [-0.25, -0.2) is 8.42 Å². The van der Waals surface area contributed by atoms with E-state index < -0.39 is 22.0 Å². The van der Waals surface area contributed by atoms with Crippen molar-refractivity contribution in [3.63, 3.8) is 0 Å². The Morgan fingerprint density at radius 3 is 1.83 bits per heavy atom. The lowest BCUT2D eigenvalue weighted by Crippen LogP contribution is -2.44. The summed E-state index contributed by atoms with van der Waals surface area (Å²) in [7, 11) is -3.92. The van der Waals surface area contributed by atoms with Gasteiger partial charge >= 0.3 is 5.97 Å². The number of carboxylic acid groups (broad SMARTS) is 1. The Hall–Kier alpha value is -2.48. The van der Waals surface area contributed by atoms with Gasteiger partial charge in [-0.1, -0.05) is 55.8 Å². The Bertz CT molecular complexity index is 1100. The molecule has 152 valence electrons. The second-order valence-electron chi connectivity index (χ2n) is 7.24. The van der Waals surface area contributed by atoms with Crippen LogP contribution in [-0.4, -0.2) is 25.5 Å². The molecule has 1 atom stereocenters. The van der Waals surface area contributed by atoms with E-state index in [9.17, 15) is 18.3 Å². The summed E-state index contributed by atoms with van der Waals surface area (Å²) in [5.41, 5.74) is 3.26. The summed E-state index contributed by atoms with van der Waals surface area (Å²) in [5.74, 6) is -1.56. The van der Waals surface area contributed by atoms with Crippen molar-refractivity contribution in [1.82, 2.24) is 4.72 Å². The fourth-order valence-corrected chi connectivity index (χ4v) is 5.23. The largest absolute Gasteiger partial charge is 0.480 e. The van der Waals surface area contributed by atoms with Gasteiger partial charge in [0.25, 0.3) is 0 Å². The molecule has 0 aliphatic rings. The number of carbonyl (C=O) groups is 1. The van der Waals surface area contributed by atoms with Gasteiger partial charge in [-0.05, 0) is 48.2 Å². The number of aliphatic carboxylic acids is 1. The number of nitrogens with one attached hydrogen (secondary N) is 1. The summed E-state index contributed by atoms with van der Waals surface area (Å²) in [5, 5.41) is 9.23. The van der Waals surface area contributed by atoms with E-state index in [0.29, 0.717) is 0 Å². The van der Waals surface area contributed by atoms with Crippen LogP contribution in [0.15, 0.2) is 65.6 Å². The standard InChI is InChI=1S/C22H23NO4S2/c1-14(2)21(22(24)25)23-29(26,27)18-10-8-17(9-11-18)20-13-12-19(28-20)16-6-4-15(3)5-7-16/h4-14,21,23H,1-3H3,(H,24,25). The van der Waals surface area contributed by atoms with Gasteiger partial charge in [0.1, 0.15) is 6.04 Å². The highest BCUT2D eigenvalue weighted by Gasteiger charge is 2.28. The van der Waals surface area contributed by atoms with E-state index in [4.69, 9.17) is 0 Å². The van der Waals surface area contributed by atoms with Crippen molar-refractivity contribution in [3.8, 4) is 20.9 Å². The first kappa shape index (κ1) is 21.2. The molecule has 7 heteroatoms. The minimum Gasteiger partial charge on any atom is -0.480 e. The van der Waals surface area contributed by atoms with Crippen molar-refractivity contribution in [1.29, 1.82) is 0 Å². The lowest BCUT2D eigenvalue weighted by atomic mass is 10.1. The highest BCUT2D eigenvalue weighted by atomic mass is 32.2. The molecule has 3 rings (SSSR count). The summed E-state index contributed by atoms with van der Waals surface area (Å²) < 4.78 is 27.4. The molecule has 0 radical (unpaired) electrons. The number of carboxylic acids is 1. The van der Waals surface area contributed by atoms with E-state index in [0.717, 1.165) is 20.9 Å². The van der Waals surface area contributed by atoms with E-state index in [-0.39, 0.29) is 10.8 Å². The van der Waals surface area contributed by atoms with Gasteiger partial charge < -0.3 is 5.11 Å². The summed E-state index contributed by atoms with van der Waals surface area (Å²) in [6, 6.07) is 17.7. The number of benzene rings is 2. The Morgan fingerprint density at radius 2 is 1.38 bits per heavy atom. The molecular weight excluding hydrogens is 406 g/mol. The van der Waals surface area contributed by atoms with Crippen LogP contribution in [-0.2, 0) is 14.8 Å². The SMILES string of the molecule is Cc1ccc(-c2ccc(-c3ccc(S(=O)(=O)NC(C(=O)O)C(C)C)cc3)s2)cc1. The topological polar surface area (TPSA) is 83.5 Å². The van der Waals surface area contributed by atoms with Crippen LogP contribution in [0.1, 0.15) is 19.4 Å². The molecule has 0 saturated heterocycles. The first-order chi connectivity index (χ1) is 13.7. The summed E-state index contributed by atoms with van der Waals surface area (Å²) in [4.78, 5) is 13.5. The Kier molecular flexibility index (Phi) is 6.21. The number of hydrogen-bond donors (Lipinski definition) is 2. The molecule has 2 aromatic carbocycles. The molecule has 1 heterocycles. The Labute approximate surface area is 175 Å². The predicted molar refractivity (Wildman–Crippen MR) is 117 cm³/mol. The number of rotatable bonds is 7. The smallest absolute Gasteiger partial charge is 0.322 e. The van der Waals surface area contributed by atoms with Crippen LogP contribution in [0.3, 0.4) is 0 Å². The van der Waals surface area contributed by atoms with E-state index in [1.54, 1.807) is 37.3 Å². The predicted octanol–water partition coefficient (Wildman–Crippen LogP) is 4.78. The molecule has 1 aromatic heterocycles. The van der Waals surface area contributed by atoms with Gasteiger partial charge in [0.15, 0.2) is 0 Å². The quantitative estimate of drug-likeness (QED) is 0.566. The van der Waals surface area contributed by atoms with Gasteiger partial charge in [-0.3, -0.25) is 4.79 Å². The fourth-order valence-electron chi connectivity index (χ4n) is 2.87. The molecule has 2 N–H and O–H groups in total. The summed E-state index contributed by atoms with van der Waals surface area (Å²) in [6.45, 7) is 5.37. The maximum atomic E-state index is 12.5. The fraction of sp³-hybridized carbons (Fsp3) is 0.227.